The molecule has 9 heteroatoms. The molecule has 6 nitrogen and oxygen atoms in total. The van der Waals surface area contributed by atoms with E-state index in [1.165, 1.54) is 18.4 Å². The Morgan fingerprint density at radius 2 is 1.83 bits per heavy atom. The van der Waals surface area contributed by atoms with Crippen LogP contribution in [0.4, 0.5) is 8.78 Å². The number of nitrogens with one attached hydrogen (secondary N) is 2. The molecule has 1 amide bonds. The zero-order chi connectivity index (χ0) is 25.2. The summed E-state index contributed by atoms with van der Waals surface area (Å²) in [7, 11) is 0. The molecule has 0 fully saturated rings. The van der Waals surface area contributed by atoms with Crippen molar-refractivity contribution >= 4 is 28.4 Å². The lowest BCUT2D eigenvalue weighted by Crippen LogP contribution is -2.31. The van der Waals surface area contributed by atoms with Crippen molar-refractivity contribution in [1.29, 1.82) is 0 Å². The molecule has 0 saturated carbocycles. The molecule has 0 aliphatic rings. The number of fused-ring (bicyclic) bond motifs is 1. The molecular weight excluding hydrogens is 488 g/mol. The van der Waals surface area contributed by atoms with Crippen LogP contribution in [-0.2, 0) is 17.6 Å². The monoisotopic (exact) mass is 507 g/mol. The third-order valence-electron chi connectivity index (χ3n) is 5.88. The lowest BCUT2D eigenvalue weighted by atomic mass is 9.97. The van der Waals surface area contributed by atoms with E-state index in [2.05, 4.69) is 15.5 Å². The molecule has 1 atom stereocenters. The Labute approximate surface area is 209 Å². The Bertz CT molecular complexity index is 1530. The van der Waals surface area contributed by atoms with Crippen molar-refractivity contribution in [1.82, 2.24) is 15.5 Å². The lowest BCUT2D eigenvalue weighted by Gasteiger charge is -2.18. The van der Waals surface area contributed by atoms with Crippen molar-refractivity contribution in [3.05, 3.63) is 107 Å². The van der Waals surface area contributed by atoms with Gasteiger partial charge >= 0.3 is 0 Å². The minimum atomic E-state index is -0.748. The summed E-state index contributed by atoms with van der Waals surface area (Å²) in [6.07, 6.45) is 3.23. The largest absolute Gasteiger partial charge is 0.508 e. The van der Waals surface area contributed by atoms with Crippen LogP contribution in [0.25, 0.3) is 22.0 Å². The first kappa shape index (κ1) is 23.6. The van der Waals surface area contributed by atoms with Crippen molar-refractivity contribution < 1.29 is 23.2 Å². The topological polar surface area (TPSA) is 91.2 Å². The molecule has 5 rings (SSSR count). The van der Waals surface area contributed by atoms with E-state index >= 15 is 0 Å². The van der Waals surface area contributed by atoms with Crippen molar-refractivity contribution in [3.63, 3.8) is 0 Å². The van der Waals surface area contributed by atoms with Gasteiger partial charge in [-0.25, -0.2) is 8.78 Å². The van der Waals surface area contributed by atoms with E-state index < -0.39 is 17.7 Å². The Hall–Kier alpha value is -4.17. The number of aromatic amines is 1. The van der Waals surface area contributed by atoms with Gasteiger partial charge in [-0.1, -0.05) is 28.9 Å². The SMILES string of the molecule is O=C(Cc1c[nH]c2ccc(O)cc12)N[C@@H](Cc1cc(F)cc(F)c1)c1nocc1-c1ccc(Cl)cc1. The van der Waals surface area contributed by atoms with Gasteiger partial charge in [0.05, 0.1) is 12.5 Å². The predicted molar refractivity (Wildman–Crippen MR) is 132 cm³/mol. The third-order valence-corrected chi connectivity index (χ3v) is 6.13. The van der Waals surface area contributed by atoms with Crippen LogP contribution in [-0.4, -0.2) is 21.2 Å². The number of phenols is 1. The Kier molecular flexibility index (Phi) is 6.43. The molecule has 0 aliphatic carbocycles. The van der Waals surface area contributed by atoms with E-state index in [4.69, 9.17) is 16.1 Å². The van der Waals surface area contributed by atoms with Crippen LogP contribution in [0.1, 0.15) is 22.9 Å². The highest BCUT2D eigenvalue weighted by Crippen LogP contribution is 2.31. The molecule has 0 unspecified atom stereocenters. The fourth-order valence-corrected chi connectivity index (χ4v) is 4.38. The van der Waals surface area contributed by atoms with Crippen molar-refractivity contribution in [2.24, 2.45) is 0 Å². The number of H-pyrrole nitrogens is 1. The molecule has 2 heterocycles. The zero-order valence-electron chi connectivity index (χ0n) is 18.8. The second-order valence-corrected chi connectivity index (χ2v) is 8.88. The van der Waals surface area contributed by atoms with Crippen LogP contribution in [0.2, 0.25) is 5.02 Å². The number of phenolic OH excluding ortho intramolecular Hbond substituents is 1. The molecule has 5 aromatic rings. The van der Waals surface area contributed by atoms with Gasteiger partial charge in [0.15, 0.2) is 0 Å². The summed E-state index contributed by atoms with van der Waals surface area (Å²) in [5.74, 6) is -1.69. The number of benzene rings is 3. The van der Waals surface area contributed by atoms with Gasteiger partial charge in [0, 0.05) is 33.8 Å². The van der Waals surface area contributed by atoms with Gasteiger partial charge in [-0.05, 0) is 65.6 Å². The maximum absolute atomic E-state index is 13.9. The van der Waals surface area contributed by atoms with Gasteiger partial charge in [-0.15, -0.1) is 0 Å². The molecule has 0 saturated heterocycles. The number of aromatic nitrogens is 2. The van der Waals surface area contributed by atoms with Crippen LogP contribution >= 0.6 is 11.6 Å². The molecule has 0 spiro atoms. The average Bonchev–Trinajstić information content (AvgIpc) is 3.46. The fourth-order valence-electron chi connectivity index (χ4n) is 4.25. The number of amides is 1. The number of carbonyl (C=O) groups excluding carboxylic acids is 1. The summed E-state index contributed by atoms with van der Waals surface area (Å²) >= 11 is 6.01. The smallest absolute Gasteiger partial charge is 0.225 e. The van der Waals surface area contributed by atoms with Gasteiger partial charge in [-0.3, -0.25) is 4.79 Å². The molecule has 3 N–H and O–H groups in total. The molecule has 182 valence electrons. The molecular formula is C27H20ClF2N3O3. The van der Waals surface area contributed by atoms with Crippen molar-refractivity contribution in [3.8, 4) is 16.9 Å². The van der Waals surface area contributed by atoms with Crippen LogP contribution in [0.5, 0.6) is 5.75 Å². The Morgan fingerprint density at radius 1 is 1.08 bits per heavy atom. The van der Waals surface area contributed by atoms with Gasteiger partial charge in [0.1, 0.15) is 29.3 Å². The van der Waals surface area contributed by atoms with E-state index in [0.29, 0.717) is 27.4 Å². The van der Waals surface area contributed by atoms with Crippen LogP contribution < -0.4 is 5.32 Å². The van der Waals surface area contributed by atoms with E-state index in [-0.39, 0.29) is 24.5 Å². The number of halogens is 3. The first-order valence-corrected chi connectivity index (χ1v) is 11.5. The first-order valence-electron chi connectivity index (χ1n) is 11.1. The van der Waals surface area contributed by atoms with Crippen molar-refractivity contribution in [2.75, 3.05) is 0 Å². The maximum Gasteiger partial charge on any atom is 0.225 e. The summed E-state index contributed by atoms with van der Waals surface area (Å²) in [5, 5.41) is 18.2. The highest BCUT2D eigenvalue weighted by atomic mass is 35.5. The van der Waals surface area contributed by atoms with Crippen LogP contribution in [0.15, 0.2) is 77.6 Å². The van der Waals surface area contributed by atoms with E-state index in [1.807, 2.05) is 0 Å². The average molecular weight is 508 g/mol. The van der Waals surface area contributed by atoms with Gasteiger partial charge in [0.2, 0.25) is 5.91 Å². The molecule has 3 aromatic carbocycles. The number of rotatable bonds is 7. The molecule has 36 heavy (non-hydrogen) atoms. The van der Waals surface area contributed by atoms with Crippen LogP contribution in [0, 0.1) is 11.6 Å². The highest BCUT2D eigenvalue weighted by Gasteiger charge is 2.24. The Balaban J connectivity index is 1.46. The van der Waals surface area contributed by atoms with E-state index in [0.717, 1.165) is 22.5 Å². The standard InChI is InChI=1S/C27H20ClF2N3O3/c28-18-3-1-16(2-4-18)23-14-36-33-27(23)25(9-15-7-19(29)11-20(30)8-15)32-26(35)10-17-13-31-24-6-5-21(34)12-22(17)24/h1-8,11-14,25,31,34H,9-10H2,(H,32,35)/t25-/m0/s1. The quantitative estimate of drug-likeness (QED) is 0.248. The normalized spacial score (nSPS) is 12.1. The first-order chi connectivity index (χ1) is 17.4. The number of hydrogen-bond donors (Lipinski definition) is 3. The minimum Gasteiger partial charge on any atom is -0.508 e. The summed E-state index contributed by atoms with van der Waals surface area (Å²) in [6.45, 7) is 0. The Morgan fingerprint density at radius 3 is 2.58 bits per heavy atom. The second kappa shape index (κ2) is 9.83. The molecule has 0 bridgehead atoms. The summed E-state index contributed by atoms with van der Waals surface area (Å²) in [5.41, 5.74) is 3.60. The van der Waals surface area contributed by atoms with E-state index in [9.17, 15) is 18.7 Å². The van der Waals surface area contributed by atoms with Crippen LogP contribution in [0.3, 0.4) is 0 Å². The number of aromatic hydroxyl groups is 1. The number of nitrogens with zero attached hydrogens (tertiary/aromatic N) is 1. The molecule has 0 aliphatic heterocycles. The fraction of sp³-hybridized carbons (Fsp3) is 0.111. The zero-order valence-corrected chi connectivity index (χ0v) is 19.5. The highest BCUT2D eigenvalue weighted by molar-refractivity contribution is 6.30. The number of carbonyl (C=O) groups is 1. The molecule has 2 aromatic heterocycles. The van der Waals surface area contributed by atoms with Gasteiger partial charge in [-0.2, -0.15) is 0 Å². The maximum atomic E-state index is 13.9. The summed E-state index contributed by atoms with van der Waals surface area (Å²) in [4.78, 5) is 16.2. The molecule has 0 radical (unpaired) electrons. The van der Waals surface area contributed by atoms with Gasteiger partial charge < -0.3 is 19.9 Å². The summed E-state index contributed by atoms with van der Waals surface area (Å²) < 4.78 is 33.0. The third kappa shape index (κ3) is 5.08. The van der Waals surface area contributed by atoms with Crippen molar-refractivity contribution in [2.45, 2.75) is 18.9 Å². The van der Waals surface area contributed by atoms with E-state index in [1.54, 1.807) is 48.7 Å². The predicted octanol–water partition coefficient (Wildman–Crippen LogP) is 6.10. The number of hydrogen-bond acceptors (Lipinski definition) is 4. The second-order valence-electron chi connectivity index (χ2n) is 8.44. The minimum absolute atomic E-state index is 0.00555. The lowest BCUT2D eigenvalue weighted by molar-refractivity contribution is -0.121. The van der Waals surface area contributed by atoms with Gasteiger partial charge in [0.25, 0.3) is 0 Å². The summed E-state index contributed by atoms with van der Waals surface area (Å²) in [6, 6.07) is 14.3.